The Morgan fingerprint density at radius 3 is 2.56 bits per heavy atom. The van der Waals surface area contributed by atoms with Crippen molar-refractivity contribution in [2.75, 3.05) is 6.54 Å². The predicted molar refractivity (Wildman–Crippen MR) is 64.5 cm³/mol. The van der Waals surface area contributed by atoms with Crippen LogP contribution in [-0.2, 0) is 10.0 Å². The predicted octanol–water partition coefficient (Wildman–Crippen LogP) is 0.731. The molecule has 6 nitrogen and oxygen atoms in total. The fraction of sp³-hybridized carbons (Fsp3) is 0.727. The molecule has 1 aromatic rings. The summed E-state index contributed by atoms with van der Waals surface area (Å²) in [7, 11) is -3.68. The third-order valence-corrected chi connectivity index (χ3v) is 4.96. The minimum Gasteiger partial charge on any atom is -0.389 e. The molecular weight excluding hydrogens is 256 g/mol. The molecular formula is C11H18N2O4S. The Morgan fingerprint density at radius 2 is 2.11 bits per heavy atom. The van der Waals surface area contributed by atoms with Crippen molar-refractivity contribution in [3.63, 3.8) is 0 Å². The summed E-state index contributed by atoms with van der Waals surface area (Å²) >= 11 is 0. The largest absolute Gasteiger partial charge is 0.389 e. The summed E-state index contributed by atoms with van der Waals surface area (Å²) in [5.41, 5.74) is -0.669. The van der Waals surface area contributed by atoms with Crippen LogP contribution in [0.15, 0.2) is 9.42 Å². The van der Waals surface area contributed by atoms with Crippen LogP contribution in [-0.4, -0.2) is 30.8 Å². The molecule has 7 heteroatoms. The number of hydrogen-bond acceptors (Lipinski definition) is 5. The van der Waals surface area contributed by atoms with Gasteiger partial charge in [0.15, 0.2) is 5.76 Å². The molecule has 2 N–H and O–H groups in total. The molecule has 1 aliphatic carbocycles. The molecule has 1 unspecified atom stereocenters. The fourth-order valence-corrected chi connectivity index (χ4v) is 3.49. The van der Waals surface area contributed by atoms with Crippen LogP contribution in [0.25, 0.3) is 0 Å². The Bertz CT molecular complexity index is 524. The van der Waals surface area contributed by atoms with E-state index in [1.165, 1.54) is 0 Å². The van der Waals surface area contributed by atoms with Gasteiger partial charge in [0, 0.05) is 6.54 Å². The molecule has 0 amide bonds. The van der Waals surface area contributed by atoms with E-state index in [0.29, 0.717) is 5.69 Å². The maximum atomic E-state index is 12.1. The van der Waals surface area contributed by atoms with Gasteiger partial charge in [0.25, 0.3) is 0 Å². The van der Waals surface area contributed by atoms with E-state index in [2.05, 4.69) is 9.88 Å². The first-order chi connectivity index (χ1) is 8.24. The van der Waals surface area contributed by atoms with Crippen molar-refractivity contribution in [2.24, 2.45) is 5.92 Å². The summed E-state index contributed by atoms with van der Waals surface area (Å²) in [6, 6.07) is 0. The molecule has 1 fully saturated rings. The van der Waals surface area contributed by atoms with E-state index in [1.807, 2.05) is 0 Å². The van der Waals surface area contributed by atoms with Crippen LogP contribution in [0.3, 0.4) is 0 Å². The highest BCUT2D eigenvalue weighted by Gasteiger charge is 2.40. The van der Waals surface area contributed by atoms with Crippen LogP contribution in [0, 0.1) is 19.8 Å². The quantitative estimate of drug-likeness (QED) is 0.825. The summed E-state index contributed by atoms with van der Waals surface area (Å²) in [6.07, 6.45) is 1.89. The normalized spacial score (nSPS) is 19.8. The first-order valence-corrected chi connectivity index (χ1v) is 7.37. The van der Waals surface area contributed by atoms with Crippen molar-refractivity contribution >= 4 is 10.0 Å². The average Bonchev–Trinajstić information content (AvgIpc) is 3.04. The van der Waals surface area contributed by atoms with E-state index >= 15 is 0 Å². The van der Waals surface area contributed by atoms with Gasteiger partial charge < -0.3 is 9.63 Å². The van der Waals surface area contributed by atoms with Crippen molar-refractivity contribution in [3.8, 4) is 0 Å². The Balaban J connectivity index is 2.13. The molecule has 1 aliphatic rings. The molecule has 1 saturated carbocycles. The topological polar surface area (TPSA) is 92.4 Å². The lowest BCUT2D eigenvalue weighted by Gasteiger charge is -2.23. The summed E-state index contributed by atoms with van der Waals surface area (Å²) in [5.74, 6) is 0.441. The number of rotatable bonds is 5. The summed E-state index contributed by atoms with van der Waals surface area (Å²) < 4.78 is 31.5. The van der Waals surface area contributed by atoms with Gasteiger partial charge in [0.2, 0.25) is 10.0 Å². The van der Waals surface area contributed by atoms with E-state index in [4.69, 9.17) is 4.52 Å². The first kappa shape index (κ1) is 13.5. The molecule has 18 heavy (non-hydrogen) atoms. The molecule has 0 aliphatic heterocycles. The van der Waals surface area contributed by atoms with Gasteiger partial charge in [-0.1, -0.05) is 5.16 Å². The number of sulfonamides is 1. The standard InChI is InChI=1S/C11H18N2O4S/c1-7-10(8(2)17-13-7)18(15,16)12-6-11(3,14)9-4-5-9/h9,12,14H,4-6H2,1-3H3. The van der Waals surface area contributed by atoms with Gasteiger partial charge in [-0.15, -0.1) is 0 Å². The summed E-state index contributed by atoms with van der Waals surface area (Å²) in [6.45, 7) is 4.78. The molecule has 0 spiro atoms. The molecule has 0 radical (unpaired) electrons. The van der Waals surface area contributed by atoms with Crippen molar-refractivity contribution in [1.29, 1.82) is 0 Å². The lowest BCUT2D eigenvalue weighted by Crippen LogP contribution is -2.42. The molecule has 1 heterocycles. The van der Waals surface area contributed by atoms with Crippen LogP contribution in [0.2, 0.25) is 0 Å². The number of aromatic nitrogens is 1. The maximum Gasteiger partial charge on any atom is 0.246 e. The monoisotopic (exact) mass is 274 g/mol. The number of nitrogens with zero attached hydrogens (tertiary/aromatic N) is 1. The Labute approximate surface area is 106 Å². The van der Waals surface area contributed by atoms with Gasteiger partial charge in [0.05, 0.1) is 5.60 Å². The van der Waals surface area contributed by atoms with Crippen molar-refractivity contribution in [3.05, 3.63) is 11.5 Å². The molecule has 1 aromatic heterocycles. The molecule has 0 bridgehead atoms. The minimum atomic E-state index is -3.68. The van der Waals surface area contributed by atoms with Crippen LogP contribution < -0.4 is 4.72 Å². The van der Waals surface area contributed by atoms with Crippen molar-refractivity contribution in [1.82, 2.24) is 9.88 Å². The van der Waals surface area contributed by atoms with Gasteiger partial charge in [-0.05, 0) is 39.5 Å². The third kappa shape index (κ3) is 2.57. The highest BCUT2D eigenvalue weighted by atomic mass is 32.2. The number of hydrogen-bond donors (Lipinski definition) is 2. The lowest BCUT2D eigenvalue weighted by molar-refractivity contribution is 0.0422. The Morgan fingerprint density at radius 1 is 1.50 bits per heavy atom. The van der Waals surface area contributed by atoms with E-state index in [1.54, 1.807) is 20.8 Å². The number of nitrogens with one attached hydrogen (secondary N) is 1. The zero-order valence-electron chi connectivity index (χ0n) is 10.7. The lowest BCUT2D eigenvalue weighted by atomic mass is 10.0. The van der Waals surface area contributed by atoms with Gasteiger partial charge in [-0.25, -0.2) is 13.1 Å². The third-order valence-electron chi connectivity index (χ3n) is 3.31. The fourth-order valence-electron chi connectivity index (χ4n) is 2.02. The molecule has 1 atom stereocenters. The number of aliphatic hydroxyl groups is 1. The van der Waals surface area contributed by atoms with Crippen LogP contribution in [0.1, 0.15) is 31.2 Å². The van der Waals surface area contributed by atoms with Crippen LogP contribution >= 0.6 is 0 Å². The Hall–Kier alpha value is -0.920. The maximum absolute atomic E-state index is 12.1. The second-order valence-corrected chi connectivity index (χ2v) is 6.81. The SMILES string of the molecule is Cc1noc(C)c1S(=O)(=O)NCC(C)(O)C1CC1. The molecule has 0 aromatic carbocycles. The zero-order chi connectivity index (χ0) is 13.6. The highest BCUT2D eigenvalue weighted by molar-refractivity contribution is 7.89. The second kappa shape index (κ2) is 4.32. The average molecular weight is 274 g/mol. The second-order valence-electron chi connectivity index (χ2n) is 5.11. The van der Waals surface area contributed by atoms with Crippen molar-refractivity contribution < 1.29 is 18.0 Å². The van der Waals surface area contributed by atoms with E-state index in [9.17, 15) is 13.5 Å². The smallest absolute Gasteiger partial charge is 0.246 e. The van der Waals surface area contributed by atoms with Gasteiger partial charge in [-0.3, -0.25) is 0 Å². The summed E-state index contributed by atoms with van der Waals surface area (Å²) in [4.78, 5) is 0.0640. The molecule has 0 saturated heterocycles. The summed E-state index contributed by atoms with van der Waals surface area (Å²) in [5, 5.41) is 13.7. The van der Waals surface area contributed by atoms with Gasteiger partial charge >= 0.3 is 0 Å². The number of aryl methyl sites for hydroxylation is 2. The van der Waals surface area contributed by atoms with Crippen LogP contribution in [0.4, 0.5) is 0 Å². The van der Waals surface area contributed by atoms with Crippen molar-refractivity contribution in [2.45, 2.75) is 44.1 Å². The first-order valence-electron chi connectivity index (χ1n) is 5.89. The van der Waals surface area contributed by atoms with E-state index < -0.39 is 15.6 Å². The van der Waals surface area contributed by atoms with Gasteiger partial charge in [0.1, 0.15) is 10.6 Å². The van der Waals surface area contributed by atoms with E-state index in [-0.39, 0.29) is 23.1 Å². The zero-order valence-corrected chi connectivity index (χ0v) is 11.5. The molecule has 2 rings (SSSR count). The van der Waals surface area contributed by atoms with Gasteiger partial charge in [-0.2, -0.15) is 0 Å². The van der Waals surface area contributed by atoms with Crippen LogP contribution in [0.5, 0.6) is 0 Å². The van der Waals surface area contributed by atoms with E-state index in [0.717, 1.165) is 12.8 Å². The highest BCUT2D eigenvalue weighted by Crippen LogP contribution is 2.39. The minimum absolute atomic E-state index is 0.00403. The Kier molecular flexibility index (Phi) is 3.25. The molecule has 102 valence electrons.